The van der Waals surface area contributed by atoms with E-state index in [1.807, 2.05) is 17.7 Å². The standard InChI is InChI=1S/C18H18FNO5S/c1-12-6-7-16(13(2)8-12)17(21)11-25-18(22)10-20-26(23,24)15-5-3-4-14(19)9-15/h3-9,20H,10-11H2,1-2H3. The lowest BCUT2D eigenvalue weighted by molar-refractivity contribution is -0.141. The molecule has 26 heavy (non-hydrogen) atoms. The van der Waals surface area contributed by atoms with Gasteiger partial charge in [-0.25, -0.2) is 12.8 Å². The number of halogens is 1. The number of nitrogens with one attached hydrogen (secondary N) is 1. The largest absolute Gasteiger partial charge is 0.456 e. The topological polar surface area (TPSA) is 89.5 Å². The molecule has 0 aliphatic rings. The number of sulfonamides is 1. The number of esters is 1. The highest BCUT2D eigenvalue weighted by Crippen LogP contribution is 2.12. The maximum atomic E-state index is 13.1. The van der Waals surface area contributed by atoms with Gasteiger partial charge in [-0.1, -0.05) is 29.8 Å². The summed E-state index contributed by atoms with van der Waals surface area (Å²) in [5, 5.41) is 0. The Morgan fingerprint density at radius 3 is 2.50 bits per heavy atom. The first-order valence-corrected chi connectivity index (χ1v) is 9.18. The van der Waals surface area contributed by atoms with Gasteiger partial charge in [-0.05, 0) is 37.6 Å². The molecule has 0 saturated heterocycles. The summed E-state index contributed by atoms with van der Waals surface area (Å²) in [6.07, 6.45) is 0. The van der Waals surface area contributed by atoms with Crippen molar-refractivity contribution in [3.8, 4) is 0 Å². The van der Waals surface area contributed by atoms with E-state index in [0.29, 0.717) is 5.56 Å². The number of benzene rings is 2. The van der Waals surface area contributed by atoms with E-state index in [0.717, 1.165) is 23.3 Å². The molecule has 138 valence electrons. The molecule has 1 N–H and O–H groups in total. The molecule has 0 aliphatic heterocycles. The van der Waals surface area contributed by atoms with Crippen molar-refractivity contribution in [1.82, 2.24) is 4.72 Å². The fraction of sp³-hybridized carbons (Fsp3) is 0.222. The average molecular weight is 379 g/mol. The van der Waals surface area contributed by atoms with E-state index < -0.39 is 35.0 Å². The molecule has 0 fully saturated rings. The van der Waals surface area contributed by atoms with Gasteiger partial charge in [0, 0.05) is 5.56 Å². The van der Waals surface area contributed by atoms with Crippen LogP contribution in [0.5, 0.6) is 0 Å². The minimum Gasteiger partial charge on any atom is -0.456 e. The Balaban J connectivity index is 1.90. The van der Waals surface area contributed by atoms with E-state index in [1.54, 1.807) is 19.1 Å². The van der Waals surface area contributed by atoms with E-state index >= 15 is 0 Å². The number of Topliss-reactive ketones (excluding diaryl/α,β-unsaturated/α-hetero) is 1. The molecular formula is C18H18FNO5S. The zero-order chi connectivity index (χ0) is 19.3. The predicted molar refractivity (Wildman–Crippen MR) is 92.8 cm³/mol. The number of rotatable bonds is 7. The van der Waals surface area contributed by atoms with Gasteiger partial charge in [0.2, 0.25) is 15.8 Å². The van der Waals surface area contributed by atoms with Gasteiger partial charge in [0.15, 0.2) is 6.61 Å². The second-order valence-corrected chi connectivity index (χ2v) is 7.45. The minimum absolute atomic E-state index is 0.309. The van der Waals surface area contributed by atoms with Crippen molar-refractivity contribution in [2.75, 3.05) is 13.2 Å². The molecule has 0 spiro atoms. The van der Waals surface area contributed by atoms with Crippen molar-refractivity contribution < 1.29 is 27.1 Å². The van der Waals surface area contributed by atoms with Gasteiger partial charge in [-0.15, -0.1) is 0 Å². The summed E-state index contributed by atoms with van der Waals surface area (Å²) in [4.78, 5) is 23.5. The van der Waals surface area contributed by atoms with Crippen LogP contribution >= 0.6 is 0 Å². The van der Waals surface area contributed by atoms with Crippen LogP contribution in [0, 0.1) is 19.7 Å². The molecule has 0 unspecified atom stereocenters. The SMILES string of the molecule is Cc1ccc(C(=O)COC(=O)CNS(=O)(=O)c2cccc(F)c2)c(C)c1. The molecule has 0 radical (unpaired) electrons. The second-order valence-electron chi connectivity index (χ2n) is 5.68. The number of ketones is 1. The van der Waals surface area contributed by atoms with Crippen LogP contribution in [0.25, 0.3) is 0 Å². The molecular weight excluding hydrogens is 361 g/mol. The highest BCUT2D eigenvalue weighted by Gasteiger charge is 2.18. The zero-order valence-electron chi connectivity index (χ0n) is 14.3. The van der Waals surface area contributed by atoms with Crippen LogP contribution in [-0.2, 0) is 19.6 Å². The first kappa shape index (κ1) is 19.7. The lowest BCUT2D eigenvalue weighted by Crippen LogP contribution is -2.31. The lowest BCUT2D eigenvalue weighted by atomic mass is 10.0. The zero-order valence-corrected chi connectivity index (χ0v) is 15.1. The summed E-state index contributed by atoms with van der Waals surface area (Å²) >= 11 is 0. The van der Waals surface area contributed by atoms with E-state index in [2.05, 4.69) is 0 Å². The van der Waals surface area contributed by atoms with E-state index in [4.69, 9.17) is 4.74 Å². The van der Waals surface area contributed by atoms with Gasteiger partial charge in [0.25, 0.3) is 0 Å². The van der Waals surface area contributed by atoms with Crippen LogP contribution in [0.15, 0.2) is 47.4 Å². The maximum absolute atomic E-state index is 13.1. The smallest absolute Gasteiger partial charge is 0.321 e. The van der Waals surface area contributed by atoms with Gasteiger partial charge in [0.05, 0.1) is 4.90 Å². The number of carbonyl (C=O) groups excluding carboxylic acids is 2. The van der Waals surface area contributed by atoms with Crippen molar-refractivity contribution in [2.24, 2.45) is 0 Å². The monoisotopic (exact) mass is 379 g/mol. The Morgan fingerprint density at radius 2 is 1.85 bits per heavy atom. The average Bonchev–Trinajstić information content (AvgIpc) is 2.58. The van der Waals surface area contributed by atoms with Crippen LogP contribution in [0.2, 0.25) is 0 Å². The molecule has 0 aromatic heterocycles. The fourth-order valence-corrected chi connectivity index (χ4v) is 3.27. The van der Waals surface area contributed by atoms with Gasteiger partial charge >= 0.3 is 5.97 Å². The highest BCUT2D eigenvalue weighted by molar-refractivity contribution is 7.89. The summed E-state index contributed by atoms with van der Waals surface area (Å²) in [7, 11) is -4.06. The van der Waals surface area contributed by atoms with Crippen LogP contribution in [-0.4, -0.2) is 33.3 Å². The minimum atomic E-state index is -4.06. The summed E-state index contributed by atoms with van der Waals surface area (Å²) in [5.74, 6) is -2.01. The van der Waals surface area contributed by atoms with Crippen LogP contribution in [0.1, 0.15) is 21.5 Å². The molecule has 2 aromatic rings. The van der Waals surface area contributed by atoms with Gasteiger partial charge in [0.1, 0.15) is 12.4 Å². The predicted octanol–water partition coefficient (Wildman–Crippen LogP) is 2.15. The number of aryl methyl sites for hydroxylation is 2. The maximum Gasteiger partial charge on any atom is 0.321 e. The van der Waals surface area contributed by atoms with Crippen LogP contribution in [0.4, 0.5) is 4.39 Å². The molecule has 0 aliphatic carbocycles. The highest BCUT2D eigenvalue weighted by atomic mass is 32.2. The normalized spacial score (nSPS) is 11.2. The third-order valence-electron chi connectivity index (χ3n) is 3.56. The van der Waals surface area contributed by atoms with Crippen molar-refractivity contribution in [2.45, 2.75) is 18.7 Å². The molecule has 0 bridgehead atoms. The molecule has 6 nitrogen and oxygen atoms in total. The lowest BCUT2D eigenvalue weighted by Gasteiger charge is -2.09. The third-order valence-corrected chi connectivity index (χ3v) is 4.96. The second kappa shape index (κ2) is 8.20. The van der Waals surface area contributed by atoms with E-state index in [1.165, 1.54) is 12.1 Å². The molecule has 0 saturated carbocycles. The number of hydrogen-bond donors (Lipinski definition) is 1. The summed E-state index contributed by atoms with van der Waals surface area (Å²) < 4.78 is 43.9. The quantitative estimate of drug-likeness (QED) is 0.588. The van der Waals surface area contributed by atoms with Gasteiger partial charge < -0.3 is 4.74 Å². The van der Waals surface area contributed by atoms with Gasteiger partial charge in [-0.3, -0.25) is 9.59 Å². The van der Waals surface area contributed by atoms with Crippen LogP contribution in [0.3, 0.4) is 0 Å². The summed E-state index contributed by atoms with van der Waals surface area (Å²) in [6.45, 7) is 2.50. The van der Waals surface area contributed by atoms with Crippen LogP contribution < -0.4 is 4.72 Å². The molecule has 0 atom stereocenters. The van der Waals surface area contributed by atoms with Gasteiger partial charge in [-0.2, -0.15) is 4.72 Å². The molecule has 8 heteroatoms. The van der Waals surface area contributed by atoms with Crippen molar-refractivity contribution in [3.05, 3.63) is 65.0 Å². The van der Waals surface area contributed by atoms with Crippen molar-refractivity contribution >= 4 is 21.8 Å². The molecule has 0 heterocycles. The number of hydrogen-bond acceptors (Lipinski definition) is 5. The molecule has 0 amide bonds. The van der Waals surface area contributed by atoms with Crippen molar-refractivity contribution in [1.29, 1.82) is 0 Å². The number of carbonyl (C=O) groups is 2. The first-order chi connectivity index (χ1) is 12.2. The number of ether oxygens (including phenoxy) is 1. The van der Waals surface area contributed by atoms with Crippen molar-refractivity contribution in [3.63, 3.8) is 0 Å². The van der Waals surface area contributed by atoms with E-state index in [-0.39, 0.29) is 10.7 Å². The Bertz CT molecular complexity index is 940. The summed E-state index contributed by atoms with van der Waals surface area (Å²) in [6, 6.07) is 9.62. The first-order valence-electron chi connectivity index (χ1n) is 7.70. The molecule has 2 aromatic carbocycles. The third kappa shape index (κ3) is 5.21. The summed E-state index contributed by atoms with van der Waals surface area (Å²) in [5.41, 5.74) is 2.20. The fourth-order valence-electron chi connectivity index (χ4n) is 2.27. The Kier molecular flexibility index (Phi) is 6.23. The Morgan fingerprint density at radius 1 is 1.12 bits per heavy atom. The Labute approximate surface area is 151 Å². The molecule has 2 rings (SSSR count). The Hall–Kier alpha value is -2.58. The van der Waals surface area contributed by atoms with E-state index in [9.17, 15) is 22.4 Å².